The Bertz CT molecular complexity index is 382. The molecule has 0 aromatic carbocycles. The molecule has 0 aromatic heterocycles. The highest BCUT2D eigenvalue weighted by Gasteiger charge is 2.26. The quantitative estimate of drug-likeness (QED) is 0.683. The fourth-order valence-corrected chi connectivity index (χ4v) is 1.97. The van der Waals surface area contributed by atoms with E-state index in [9.17, 15) is 9.59 Å². The van der Waals surface area contributed by atoms with E-state index in [1.165, 1.54) is 5.57 Å². The van der Waals surface area contributed by atoms with E-state index < -0.39 is 0 Å². The number of nitrogens with one attached hydrogen (secondary N) is 2. The van der Waals surface area contributed by atoms with Crippen LogP contribution in [0.15, 0.2) is 23.4 Å². The molecule has 2 amide bonds. The van der Waals surface area contributed by atoms with Crippen molar-refractivity contribution in [3.05, 3.63) is 23.4 Å². The molecule has 0 saturated carbocycles. The first-order chi connectivity index (χ1) is 7.66. The van der Waals surface area contributed by atoms with Gasteiger partial charge in [0.1, 0.15) is 6.04 Å². The van der Waals surface area contributed by atoms with Gasteiger partial charge in [0, 0.05) is 12.1 Å². The molecular formula is C12H16N2O2. The standard InChI is InChI=1S/C12H16N2O2/c1-8-4-2-3-5-9(8)13-10-6-7-11(15)14-12(10)16/h3,5,10,13H,2,4,6-7H2,1H3,(H,14,15,16). The zero-order valence-corrected chi connectivity index (χ0v) is 9.38. The van der Waals surface area contributed by atoms with Crippen molar-refractivity contribution in [3.8, 4) is 0 Å². The highest BCUT2D eigenvalue weighted by molar-refractivity contribution is 6.00. The highest BCUT2D eigenvalue weighted by atomic mass is 16.2. The fraction of sp³-hybridized carbons (Fsp3) is 0.500. The van der Waals surface area contributed by atoms with Gasteiger partial charge >= 0.3 is 0 Å². The number of allylic oxidation sites excluding steroid dienone is 3. The van der Waals surface area contributed by atoms with Crippen LogP contribution in [0.2, 0.25) is 0 Å². The summed E-state index contributed by atoms with van der Waals surface area (Å²) in [7, 11) is 0. The Morgan fingerprint density at radius 2 is 2.19 bits per heavy atom. The normalized spacial score (nSPS) is 25.7. The molecule has 1 fully saturated rings. The van der Waals surface area contributed by atoms with E-state index in [0.717, 1.165) is 18.5 Å². The van der Waals surface area contributed by atoms with Crippen LogP contribution in [-0.4, -0.2) is 17.9 Å². The molecule has 4 nitrogen and oxygen atoms in total. The van der Waals surface area contributed by atoms with Crippen molar-refractivity contribution in [2.75, 3.05) is 0 Å². The second-order valence-electron chi connectivity index (χ2n) is 4.28. The number of carbonyl (C=O) groups is 2. The van der Waals surface area contributed by atoms with Crippen molar-refractivity contribution in [1.29, 1.82) is 0 Å². The second kappa shape index (κ2) is 4.51. The van der Waals surface area contributed by atoms with Gasteiger partial charge in [-0.3, -0.25) is 14.9 Å². The van der Waals surface area contributed by atoms with Crippen LogP contribution in [0.5, 0.6) is 0 Å². The summed E-state index contributed by atoms with van der Waals surface area (Å²) < 4.78 is 0. The van der Waals surface area contributed by atoms with Crippen LogP contribution >= 0.6 is 0 Å². The molecule has 4 heteroatoms. The molecule has 1 aliphatic carbocycles. The van der Waals surface area contributed by atoms with Crippen LogP contribution < -0.4 is 10.6 Å². The van der Waals surface area contributed by atoms with Crippen LogP contribution in [-0.2, 0) is 9.59 Å². The Kier molecular flexibility index (Phi) is 3.08. The maximum absolute atomic E-state index is 11.5. The Hall–Kier alpha value is -1.58. The van der Waals surface area contributed by atoms with Crippen molar-refractivity contribution < 1.29 is 9.59 Å². The van der Waals surface area contributed by atoms with Gasteiger partial charge in [0.15, 0.2) is 0 Å². The SMILES string of the molecule is CC1=C(NC2CCC(=O)NC2=O)C=CCC1. The van der Waals surface area contributed by atoms with Crippen molar-refractivity contribution in [1.82, 2.24) is 10.6 Å². The third-order valence-electron chi connectivity index (χ3n) is 3.00. The van der Waals surface area contributed by atoms with Crippen LogP contribution in [0.4, 0.5) is 0 Å². The maximum atomic E-state index is 11.5. The summed E-state index contributed by atoms with van der Waals surface area (Å²) in [6, 6.07) is -0.273. The number of hydrogen-bond acceptors (Lipinski definition) is 3. The lowest BCUT2D eigenvalue weighted by atomic mass is 10.0. The minimum Gasteiger partial charge on any atom is -0.374 e. The van der Waals surface area contributed by atoms with Crippen molar-refractivity contribution in [2.24, 2.45) is 0 Å². The number of hydrogen-bond donors (Lipinski definition) is 2. The van der Waals surface area contributed by atoms with Crippen molar-refractivity contribution >= 4 is 11.8 Å². The van der Waals surface area contributed by atoms with Gasteiger partial charge in [-0.05, 0) is 37.8 Å². The lowest BCUT2D eigenvalue weighted by Crippen LogP contribution is -2.50. The molecule has 16 heavy (non-hydrogen) atoms. The number of piperidine rings is 1. The van der Waals surface area contributed by atoms with Crippen molar-refractivity contribution in [3.63, 3.8) is 0 Å². The lowest BCUT2D eigenvalue weighted by Gasteiger charge is -2.25. The average Bonchev–Trinajstić information content (AvgIpc) is 2.25. The first-order valence-electron chi connectivity index (χ1n) is 5.63. The second-order valence-corrected chi connectivity index (χ2v) is 4.28. The number of carbonyl (C=O) groups excluding carboxylic acids is 2. The molecule has 1 saturated heterocycles. The largest absolute Gasteiger partial charge is 0.374 e. The smallest absolute Gasteiger partial charge is 0.249 e. The lowest BCUT2D eigenvalue weighted by molar-refractivity contribution is -0.134. The molecule has 1 aliphatic heterocycles. The van der Waals surface area contributed by atoms with Crippen molar-refractivity contribution in [2.45, 2.75) is 38.6 Å². The van der Waals surface area contributed by atoms with E-state index >= 15 is 0 Å². The highest BCUT2D eigenvalue weighted by Crippen LogP contribution is 2.17. The summed E-state index contributed by atoms with van der Waals surface area (Å²) in [5.41, 5.74) is 2.30. The molecule has 0 aromatic rings. The summed E-state index contributed by atoms with van der Waals surface area (Å²) in [6.45, 7) is 2.07. The van der Waals surface area contributed by atoms with Gasteiger partial charge in [0.2, 0.25) is 11.8 Å². The molecule has 0 bridgehead atoms. The first-order valence-corrected chi connectivity index (χ1v) is 5.63. The third-order valence-corrected chi connectivity index (χ3v) is 3.00. The van der Waals surface area contributed by atoms with Gasteiger partial charge in [0.25, 0.3) is 0 Å². The van der Waals surface area contributed by atoms with Crippen LogP contribution in [0.3, 0.4) is 0 Å². The number of imide groups is 1. The first kappa shape index (κ1) is 10.9. The monoisotopic (exact) mass is 220 g/mol. The zero-order valence-electron chi connectivity index (χ0n) is 9.38. The Balaban J connectivity index is 2.02. The van der Waals surface area contributed by atoms with E-state index in [1.807, 2.05) is 6.08 Å². The van der Waals surface area contributed by atoms with Gasteiger partial charge in [-0.25, -0.2) is 0 Å². The predicted octanol–water partition coefficient (Wildman–Crippen LogP) is 1.01. The van der Waals surface area contributed by atoms with Gasteiger partial charge in [-0.15, -0.1) is 0 Å². The molecule has 0 spiro atoms. The summed E-state index contributed by atoms with van der Waals surface area (Å²) in [4.78, 5) is 22.5. The predicted molar refractivity (Wildman–Crippen MR) is 60.4 cm³/mol. The number of rotatable bonds is 2. The summed E-state index contributed by atoms with van der Waals surface area (Å²) in [5.74, 6) is -0.386. The third kappa shape index (κ3) is 2.32. The molecule has 1 heterocycles. The number of amides is 2. The average molecular weight is 220 g/mol. The van der Waals surface area contributed by atoms with E-state index in [2.05, 4.69) is 23.6 Å². The Morgan fingerprint density at radius 3 is 2.88 bits per heavy atom. The molecule has 86 valence electrons. The van der Waals surface area contributed by atoms with E-state index in [1.54, 1.807) is 0 Å². The molecule has 2 N–H and O–H groups in total. The molecule has 1 atom stereocenters. The molecule has 0 radical (unpaired) electrons. The Labute approximate surface area is 94.8 Å². The van der Waals surface area contributed by atoms with E-state index in [4.69, 9.17) is 0 Å². The minimum atomic E-state index is -0.273. The summed E-state index contributed by atoms with van der Waals surface area (Å²) >= 11 is 0. The molecule has 1 unspecified atom stereocenters. The molecule has 2 rings (SSSR count). The summed E-state index contributed by atoms with van der Waals surface area (Å²) in [5, 5.41) is 5.55. The molecular weight excluding hydrogens is 204 g/mol. The maximum Gasteiger partial charge on any atom is 0.249 e. The van der Waals surface area contributed by atoms with E-state index in [0.29, 0.717) is 12.8 Å². The van der Waals surface area contributed by atoms with Crippen LogP contribution in [0.1, 0.15) is 32.6 Å². The van der Waals surface area contributed by atoms with Gasteiger partial charge in [0.05, 0.1) is 0 Å². The Morgan fingerprint density at radius 1 is 1.38 bits per heavy atom. The van der Waals surface area contributed by atoms with Crippen LogP contribution in [0.25, 0.3) is 0 Å². The van der Waals surface area contributed by atoms with Gasteiger partial charge in [-0.2, -0.15) is 0 Å². The fourth-order valence-electron chi connectivity index (χ4n) is 1.97. The van der Waals surface area contributed by atoms with Crippen LogP contribution in [0, 0.1) is 0 Å². The summed E-state index contributed by atoms with van der Waals surface area (Å²) in [6.07, 6.45) is 7.21. The zero-order chi connectivity index (χ0) is 11.5. The van der Waals surface area contributed by atoms with E-state index in [-0.39, 0.29) is 17.9 Å². The topological polar surface area (TPSA) is 58.2 Å². The molecule has 2 aliphatic rings. The van der Waals surface area contributed by atoms with Gasteiger partial charge < -0.3 is 5.32 Å². The van der Waals surface area contributed by atoms with Gasteiger partial charge in [-0.1, -0.05) is 6.08 Å². The minimum absolute atomic E-state index is 0.173.